The largest absolute Gasteiger partial charge is 0.444 e. The van der Waals surface area contributed by atoms with Crippen molar-refractivity contribution in [3.8, 4) is 0 Å². The van der Waals surface area contributed by atoms with Crippen LogP contribution < -0.4 is 5.73 Å². The Morgan fingerprint density at radius 2 is 1.67 bits per heavy atom. The fourth-order valence-electron chi connectivity index (χ4n) is 1.93. The zero-order chi connectivity index (χ0) is 18.8. The van der Waals surface area contributed by atoms with Crippen molar-refractivity contribution in [1.82, 2.24) is 4.90 Å². The average Bonchev–Trinajstić information content (AvgIpc) is 2.47. The summed E-state index contributed by atoms with van der Waals surface area (Å²) in [4.78, 5) is 13.9. The van der Waals surface area contributed by atoms with Crippen LogP contribution in [0.3, 0.4) is 0 Å². The third-order valence-electron chi connectivity index (χ3n) is 3.74. The minimum atomic E-state index is -0.456. The van der Waals surface area contributed by atoms with E-state index in [0.717, 1.165) is 12.8 Å². The highest BCUT2D eigenvalue weighted by atomic mass is 16.6. The highest BCUT2D eigenvalue weighted by Gasteiger charge is 2.32. The molecule has 0 atom stereocenters. The molecule has 1 rings (SSSR count). The van der Waals surface area contributed by atoms with Crippen LogP contribution in [-0.2, 0) is 4.74 Å². The summed E-state index contributed by atoms with van der Waals surface area (Å²) in [5.41, 5.74) is 6.18. The van der Waals surface area contributed by atoms with Gasteiger partial charge in [-0.25, -0.2) is 4.79 Å². The molecule has 4 nitrogen and oxygen atoms in total. The smallest absolute Gasteiger partial charge is 0.410 e. The number of nitrogens with zero attached hydrogens (tertiary/aromatic N) is 1. The van der Waals surface area contributed by atoms with E-state index in [1.165, 1.54) is 5.56 Å². The third kappa shape index (κ3) is 9.56. The molecule has 1 amide bonds. The van der Waals surface area contributed by atoms with Crippen LogP contribution in [0.2, 0.25) is 0 Å². The van der Waals surface area contributed by atoms with Gasteiger partial charge >= 0.3 is 6.09 Å². The van der Waals surface area contributed by atoms with E-state index in [0.29, 0.717) is 13.1 Å². The van der Waals surface area contributed by atoms with Gasteiger partial charge in [-0.05, 0) is 60.9 Å². The van der Waals surface area contributed by atoms with Crippen molar-refractivity contribution >= 4 is 6.09 Å². The van der Waals surface area contributed by atoms with Crippen LogP contribution in [0.1, 0.15) is 59.9 Å². The van der Waals surface area contributed by atoms with Gasteiger partial charge in [0.25, 0.3) is 0 Å². The van der Waals surface area contributed by atoms with Gasteiger partial charge in [-0.2, -0.15) is 0 Å². The maximum absolute atomic E-state index is 12.1. The summed E-state index contributed by atoms with van der Waals surface area (Å²) in [6.45, 7) is 15.1. The number of ether oxygens (including phenoxy) is 1. The second-order valence-corrected chi connectivity index (χ2v) is 7.59. The Morgan fingerprint density at radius 1 is 1.12 bits per heavy atom. The molecular weight excluding hydrogens is 300 g/mol. The van der Waals surface area contributed by atoms with Gasteiger partial charge in [0.15, 0.2) is 0 Å². The predicted molar refractivity (Wildman–Crippen MR) is 102 cm³/mol. The van der Waals surface area contributed by atoms with Gasteiger partial charge < -0.3 is 15.4 Å². The summed E-state index contributed by atoms with van der Waals surface area (Å²) in [5, 5.41) is 0. The monoisotopic (exact) mass is 336 g/mol. The van der Waals surface area contributed by atoms with Crippen molar-refractivity contribution in [3.05, 3.63) is 35.9 Å². The molecule has 4 heteroatoms. The number of amides is 1. The fourth-order valence-corrected chi connectivity index (χ4v) is 1.93. The minimum absolute atomic E-state index is 0.197. The van der Waals surface area contributed by atoms with Crippen LogP contribution in [0.4, 0.5) is 4.79 Å². The van der Waals surface area contributed by atoms with Crippen molar-refractivity contribution < 1.29 is 9.53 Å². The topological polar surface area (TPSA) is 55.6 Å². The highest BCUT2D eigenvalue weighted by Crippen LogP contribution is 2.22. The Bertz CT molecular complexity index is 464. The lowest BCUT2D eigenvalue weighted by atomic mass is 9.99. The zero-order valence-electron chi connectivity index (χ0n) is 16.6. The Hall–Kier alpha value is -1.55. The van der Waals surface area contributed by atoms with Crippen LogP contribution in [-0.4, -0.2) is 35.2 Å². The fraction of sp³-hybridized carbons (Fsp3) is 0.650. The second-order valence-electron chi connectivity index (χ2n) is 7.59. The van der Waals surface area contributed by atoms with Crippen LogP contribution in [0.25, 0.3) is 0 Å². The van der Waals surface area contributed by atoms with E-state index in [-0.39, 0.29) is 11.6 Å². The molecule has 0 bridgehead atoms. The van der Waals surface area contributed by atoms with Gasteiger partial charge in [-0.15, -0.1) is 0 Å². The molecule has 1 aromatic carbocycles. The summed E-state index contributed by atoms with van der Waals surface area (Å²) in [6, 6.07) is 10.3. The molecule has 0 fully saturated rings. The summed E-state index contributed by atoms with van der Waals surface area (Å²) in [6.07, 6.45) is 1.43. The number of rotatable bonds is 5. The normalized spacial score (nSPS) is 11.3. The van der Waals surface area contributed by atoms with E-state index < -0.39 is 5.60 Å². The Morgan fingerprint density at radius 3 is 2.00 bits per heavy atom. The van der Waals surface area contributed by atoms with Gasteiger partial charge in [-0.1, -0.05) is 42.8 Å². The van der Waals surface area contributed by atoms with Crippen LogP contribution in [0.15, 0.2) is 30.3 Å². The molecule has 0 unspecified atom stereocenters. The lowest BCUT2D eigenvalue weighted by Crippen LogP contribution is -2.50. The Kier molecular flexibility index (Phi) is 9.67. The summed E-state index contributed by atoms with van der Waals surface area (Å²) >= 11 is 0. The molecule has 0 heterocycles. The number of benzene rings is 1. The van der Waals surface area contributed by atoms with Crippen LogP contribution >= 0.6 is 0 Å². The van der Waals surface area contributed by atoms with Crippen molar-refractivity contribution in [2.24, 2.45) is 5.73 Å². The molecule has 0 saturated heterocycles. The van der Waals surface area contributed by atoms with Crippen molar-refractivity contribution in [2.45, 2.75) is 72.4 Å². The molecule has 1 aromatic rings. The van der Waals surface area contributed by atoms with Gasteiger partial charge in [0.2, 0.25) is 0 Å². The number of aryl methyl sites for hydroxylation is 1. The maximum Gasteiger partial charge on any atom is 0.410 e. The first-order chi connectivity index (χ1) is 11.0. The van der Waals surface area contributed by atoms with Gasteiger partial charge in [0, 0.05) is 12.1 Å². The van der Waals surface area contributed by atoms with E-state index in [1.54, 1.807) is 4.90 Å². The molecule has 0 spiro atoms. The summed E-state index contributed by atoms with van der Waals surface area (Å²) < 4.78 is 5.43. The molecule has 0 aliphatic heterocycles. The lowest BCUT2D eigenvalue weighted by Gasteiger charge is -2.38. The quantitative estimate of drug-likeness (QED) is 0.843. The van der Waals surface area contributed by atoms with E-state index in [1.807, 2.05) is 52.8 Å². The van der Waals surface area contributed by atoms with E-state index in [4.69, 9.17) is 10.5 Å². The van der Waals surface area contributed by atoms with Gasteiger partial charge in [-0.3, -0.25) is 0 Å². The summed E-state index contributed by atoms with van der Waals surface area (Å²) in [5.74, 6) is 0. The number of nitrogens with two attached hydrogens (primary N) is 1. The SMILES string of the molecule is CCC(C)(C)N(CCCN)C(=O)OC(C)(C)C.Cc1ccccc1. The van der Waals surface area contributed by atoms with Gasteiger partial charge in [0.05, 0.1) is 0 Å². The first kappa shape index (κ1) is 22.4. The molecular formula is C20H36N2O2. The standard InChI is InChI=1S/C13H28N2O2.C7H8/c1-7-13(5,6)15(10-8-9-14)11(16)17-12(2,3)4;1-7-5-3-2-4-6-7/h7-10,14H2,1-6H3;2-6H,1H3. The number of hydrogen-bond donors (Lipinski definition) is 1. The molecule has 0 radical (unpaired) electrons. The van der Waals surface area contributed by atoms with E-state index in [9.17, 15) is 4.79 Å². The Balaban J connectivity index is 0.000000620. The molecule has 0 aromatic heterocycles. The number of hydrogen-bond acceptors (Lipinski definition) is 3. The molecule has 0 saturated carbocycles. The number of carbonyl (C=O) groups excluding carboxylic acids is 1. The molecule has 24 heavy (non-hydrogen) atoms. The molecule has 138 valence electrons. The molecule has 2 N–H and O–H groups in total. The average molecular weight is 337 g/mol. The Labute approximate surface area is 148 Å². The molecule has 0 aliphatic rings. The van der Waals surface area contributed by atoms with E-state index >= 15 is 0 Å². The highest BCUT2D eigenvalue weighted by molar-refractivity contribution is 5.69. The number of carbonyl (C=O) groups is 1. The first-order valence-electron chi connectivity index (χ1n) is 8.76. The predicted octanol–water partition coefficient (Wildman–Crippen LogP) is 4.76. The lowest BCUT2D eigenvalue weighted by molar-refractivity contribution is 0.00230. The van der Waals surface area contributed by atoms with E-state index in [2.05, 4.69) is 26.0 Å². The van der Waals surface area contributed by atoms with Crippen LogP contribution in [0, 0.1) is 6.92 Å². The second kappa shape index (κ2) is 10.3. The zero-order valence-corrected chi connectivity index (χ0v) is 16.6. The van der Waals surface area contributed by atoms with Crippen LogP contribution in [0.5, 0.6) is 0 Å². The third-order valence-corrected chi connectivity index (χ3v) is 3.74. The molecule has 0 aliphatic carbocycles. The minimum Gasteiger partial charge on any atom is -0.444 e. The van der Waals surface area contributed by atoms with Crippen molar-refractivity contribution in [2.75, 3.05) is 13.1 Å². The van der Waals surface area contributed by atoms with Gasteiger partial charge in [0.1, 0.15) is 5.60 Å². The maximum atomic E-state index is 12.1. The van der Waals surface area contributed by atoms with Crippen molar-refractivity contribution in [1.29, 1.82) is 0 Å². The summed E-state index contributed by atoms with van der Waals surface area (Å²) in [7, 11) is 0. The van der Waals surface area contributed by atoms with Crippen molar-refractivity contribution in [3.63, 3.8) is 0 Å². The first-order valence-corrected chi connectivity index (χ1v) is 8.76.